The van der Waals surface area contributed by atoms with Crippen molar-refractivity contribution >= 4 is 5.91 Å². The predicted octanol–water partition coefficient (Wildman–Crippen LogP) is 3.11. The van der Waals surface area contributed by atoms with Gasteiger partial charge in [0, 0.05) is 12.1 Å². The number of amides is 1. The molecule has 1 amide bonds. The van der Waals surface area contributed by atoms with Gasteiger partial charge in [0.25, 0.3) is 0 Å². The minimum absolute atomic E-state index is 0.0141. The summed E-state index contributed by atoms with van der Waals surface area (Å²) in [6, 6.07) is 7.66. The number of carbonyl (C=O) groups excluding carboxylic acids is 1. The molecule has 5 heteroatoms. The molecule has 0 bridgehead atoms. The highest BCUT2D eigenvalue weighted by atomic mass is 16.5. The number of hydrogen-bond donors (Lipinski definition) is 1. The summed E-state index contributed by atoms with van der Waals surface area (Å²) >= 11 is 0. The SMILES string of the molecule is CCC(C(=O)NCc1cccc(OC)c1)c1c(C)noc1C. The Balaban J connectivity index is 2.07. The van der Waals surface area contributed by atoms with E-state index in [4.69, 9.17) is 9.26 Å². The monoisotopic (exact) mass is 302 g/mol. The first-order valence-corrected chi connectivity index (χ1v) is 7.40. The lowest BCUT2D eigenvalue weighted by atomic mass is 9.94. The Labute approximate surface area is 130 Å². The van der Waals surface area contributed by atoms with Gasteiger partial charge in [0.2, 0.25) is 5.91 Å². The Morgan fingerprint density at radius 2 is 2.18 bits per heavy atom. The van der Waals surface area contributed by atoms with Crippen LogP contribution in [0, 0.1) is 13.8 Å². The maximum absolute atomic E-state index is 12.5. The van der Waals surface area contributed by atoms with E-state index in [9.17, 15) is 4.79 Å². The molecule has 1 unspecified atom stereocenters. The number of nitrogens with zero attached hydrogens (tertiary/aromatic N) is 1. The highest BCUT2D eigenvalue weighted by Crippen LogP contribution is 2.26. The quantitative estimate of drug-likeness (QED) is 0.890. The van der Waals surface area contributed by atoms with E-state index < -0.39 is 0 Å². The van der Waals surface area contributed by atoms with Gasteiger partial charge in [-0.1, -0.05) is 24.2 Å². The van der Waals surface area contributed by atoms with Crippen LogP contribution in [0.3, 0.4) is 0 Å². The number of ether oxygens (including phenoxy) is 1. The summed E-state index contributed by atoms with van der Waals surface area (Å²) in [4.78, 5) is 12.5. The van der Waals surface area contributed by atoms with Crippen molar-refractivity contribution in [2.75, 3.05) is 7.11 Å². The van der Waals surface area contributed by atoms with Gasteiger partial charge in [-0.2, -0.15) is 0 Å². The molecule has 1 aromatic carbocycles. The molecule has 0 spiro atoms. The maximum Gasteiger partial charge on any atom is 0.228 e. The van der Waals surface area contributed by atoms with Gasteiger partial charge in [0.1, 0.15) is 11.5 Å². The van der Waals surface area contributed by atoms with Crippen molar-refractivity contribution in [2.24, 2.45) is 0 Å². The van der Waals surface area contributed by atoms with Crippen LogP contribution < -0.4 is 10.1 Å². The smallest absolute Gasteiger partial charge is 0.228 e. The molecule has 0 radical (unpaired) electrons. The molecule has 0 saturated heterocycles. The first-order valence-electron chi connectivity index (χ1n) is 7.40. The fraction of sp³-hybridized carbons (Fsp3) is 0.412. The lowest BCUT2D eigenvalue weighted by molar-refractivity contribution is -0.122. The Morgan fingerprint density at radius 3 is 2.77 bits per heavy atom. The van der Waals surface area contributed by atoms with E-state index in [1.807, 2.05) is 45.0 Å². The molecule has 1 N–H and O–H groups in total. The normalized spacial score (nSPS) is 12.0. The first kappa shape index (κ1) is 16.1. The fourth-order valence-electron chi connectivity index (χ4n) is 2.60. The molecule has 22 heavy (non-hydrogen) atoms. The van der Waals surface area contributed by atoms with Gasteiger partial charge >= 0.3 is 0 Å². The Kier molecular flexibility index (Phi) is 5.20. The number of aryl methyl sites for hydroxylation is 2. The molecule has 0 aliphatic heterocycles. The average Bonchev–Trinajstić information content (AvgIpc) is 2.86. The van der Waals surface area contributed by atoms with Crippen molar-refractivity contribution in [3.63, 3.8) is 0 Å². The van der Waals surface area contributed by atoms with Crippen LogP contribution in [0.5, 0.6) is 5.75 Å². The van der Waals surface area contributed by atoms with Crippen LogP contribution in [0.25, 0.3) is 0 Å². The topological polar surface area (TPSA) is 64.4 Å². The lowest BCUT2D eigenvalue weighted by Gasteiger charge is -2.15. The summed E-state index contributed by atoms with van der Waals surface area (Å²) < 4.78 is 10.4. The van der Waals surface area contributed by atoms with Crippen LogP contribution >= 0.6 is 0 Å². The van der Waals surface area contributed by atoms with Crippen LogP contribution in [-0.2, 0) is 11.3 Å². The highest BCUT2D eigenvalue weighted by Gasteiger charge is 2.25. The Morgan fingerprint density at radius 1 is 1.41 bits per heavy atom. The summed E-state index contributed by atoms with van der Waals surface area (Å²) in [6.45, 7) is 6.16. The second kappa shape index (κ2) is 7.11. The number of hydrogen-bond acceptors (Lipinski definition) is 4. The summed E-state index contributed by atoms with van der Waals surface area (Å²) in [6.07, 6.45) is 0.701. The van der Waals surface area contributed by atoms with Gasteiger partial charge in [-0.25, -0.2) is 0 Å². The Bertz CT molecular complexity index is 630. The van der Waals surface area contributed by atoms with E-state index in [2.05, 4.69) is 10.5 Å². The molecule has 118 valence electrons. The first-order chi connectivity index (χ1) is 10.6. The van der Waals surface area contributed by atoms with E-state index in [-0.39, 0.29) is 11.8 Å². The summed E-state index contributed by atoms with van der Waals surface area (Å²) in [5.41, 5.74) is 2.67. The zero-order chi connectivity index (χ0) is 16.1. The molecule has 5 nitrogen and oxygen atoms in total. The predicted molar refractivity (Wildman–Crippen MR) is 83.8 cm³/mol. The molecule has 0 aliphatic rings. The molecule has 1 aromatic heterocycles. The van der Waals surface area contributed by atoms with Gasteiger partial charge in [-0.3, -0.25) is 4.79 Å². The van der Waals surface area contributed by atoms with Crippen LogP contribution in [0.4, 0.5) is 0 Å². The van der Waals surface area contributed by atoms with Gasteiger partial charge in [0.05, 0.1) is 18.7 Å². The molecular formula is C17H22N2O3. The molecule has 2 rings (SSSR count). The number of aromatic nitrogens is 1. The van der Waals surface area contributed by atoms with E-state index in [0.29, 0.717) is 18.7 Å². The van der Waals surface area contributed by atoms with Crippen LogP contribution in [0.1, 0.15) is 41.8 Å². The van der Waals surface area contributed by atoms with Crippen molar-refractivity contribution < 1.29 is 14.1 Å². The lowest BCUT2D eigenvalue weighted by Crippen LogP contribution is -2.29. The Hall–Kier alpha value is -2.30. The van der Waals surface area contributed by atoms with E-state index in [0.717, 1.165) is 22.6 Å². The molecule has 1 heterocycles. The van der Waals surface area contributed by atoms with Crippen LogP contribution in [-0.4, -0.2) is 18.2 Å². The summed E-state index contributed by atoms with van der Waals surface area (Å²) in [5.74, 6) is 1.24. The molecule has 0 aliphatic carbocycles. The number of benzene rings is 1. The van der Waals surface area contributed by atoms with Crippen molar-refractivity contribution in [3.8, 4) is 5.75 Å². The van der Waals surface area contributed by atoms with Crippen molar-refractivity contribution in [2.45, 2.75) is 39.7 Å². The van der Waals surface area contributed by atoms with E-state index >= 15 is 0 Å². The van der Waals surface area contributed by atoms with Crippen LogP contribution in [0.2, 0.25) is 0 Å². The second-order valence-corrected chi connectivity index (χ2v) is 5.27. The van der Waals surface area contributed by atoms with Crippen LogP contribution in [0.15, 0.2) is 28.8 Å². The molecule has 1 atom stereocenters. The van der Waals surface area contributed by atoms with Gasteiger partial charge in [-0.15, -0.1) is 0 Å². The van der Waals surface area contributed by atoms with Crippen molar-refractivity contribution in [3.05, 3.63) is 46.8 Å². The maximum atomic E-state index is 12.5. The van der Waals surface area contributed by atoms with Crippen molar-refractivity contribution in [1.29, 1.82) is 0 Å². The largest absolute Gasteiger partial charge is 0.497 e. The number of carbonyl (C=O) groups is 1. The van der Waals surface area contributed by atoms with Gasteiger partial charge in [0.15, 0.2) is 0 Å². The number of rotatable bonds is 6. The molecular weight excluding hydrogens is 280 g/mol. The summed E-state index contributed by atoms with van der Waals surface area (Å²) in [7, 11) is 1.63. The molecule has 2 aromatic rings. The second-order valence-electron chi connectivity index (χ2n) is 5.27. The third-order valence-corrected chi connectivity index (χ3v) is 3.76. The average molecular weight is 302 g/mol. The van der Waals surface area contributed by atoms with E-state index in [1.165, 1.54) is 0 Å². The minimum atomic E-state index is -0.239. The molecule has 0 saturated carbocycles. The van der Waals surface area contributed by atoms with E-state index in [1.54, 1.807) is 7.11 Å². The zero-order valence-corrected chi connectivity index (χ0v) is 13.5. The number of nitrogens with one attached hydrogen (secondary N) is 1. The third kappa shape index (κ3) is 3.47. The highest BCUT2D eigenvalue weighted by molar-refractivity contribution is 5.84. The summed E-state index contributed by atoms with van der Waals surface area (Å²) in [5, 5.41) is 6.92. The third-order valence-electron chi connectivity index (χ3n) is 3.76. The van der Waals surface area contributed by atoms with Gasteiger partial charge < -0.3 is 14.6 Å². The standard InChI is InChI=1S/C17H22N2O3/c1-5-15(16-11(2)19-22-12(16)3)17(20)18-10-13-7-6-8-14(9-13)21-4/h6-9,15H,5,10H2,1-4H3,(H,18,20). The molecule has 0 fully saturated rings. The zero-order valence-electron chi connectivity index (χ0n) is 13.5. The van der Waals surface area contributed by atoms with Crippen molar-refractivity contribution in [1.82, 2.24) is 10.5 Å². The fourth-order valence-corrected chi connectivity index (χ4v) is 2.60. The van der Waals surface area contributed by atoms with Gasteiger partial charge in [-0.05, 0) is 38.0 Å². The minimum Gasteiger partial charge on any atom is -0.497 e. The number of methoxy groups -OCH3 is 1.